The smallest absolute Gasteiger partial charge is 0.309 e. The quantitative estimate of drug-likeness (QED) is 0.179. The van der Waals surface area contributed by atoms with Gasteiger partial charge in [-0.3, -0.25) is 14.5 Å². The summed E-state index contributed by atoms with van der Waals surface area (Å²) in [6.45, 7) is 4.42. The van der Waals surface area contributed by atoms with Gasteiger partial charge in [-0.15, -0.1) is 0 Å². The number of aliphatic carboxylic acids is 1. The first-order chi connectivity index (χ1) is 22.2. The number of fused-ring (bicyclic) bond motifs is 1. The third-order valence-electron chi connectivity index (χ3n) is 8.36. The van der Waals surface area contributed by atoms with E-state index in [0.29, 0.717) is 59.7 Å². The average Bonchev–Trinajstić information content (AvgIpc) is 3.67. The highest BCUT2D eigenvalue weighted by Gasteiger charge is 2.48. The molecular weight excluding hydrogens is 602 g/mol. The lowest BCUT2D eigenvalue weighted by Crippen LogP contribution is -2.35. The number of carboxylic acids is 1. The Balaban J connectivity index is 1.45. The van der Waals surface area contributed by atoms with Crippen molar-refractivity contribution in [2.75, 3.05) is 52.3 Å². The maximum atomic E-state index is 15.0. The Morgan fingerprint density at radius 1 is 1.00 bits per heavy atom. The molecule has 3 aromatic rings. The second-order valence-electron chi connectivity index (χ2n) is 11.2. The Morgan fingerprint density at radius 3 is 2.37 bits per heavy atom. The highest BCUT2D eigenvalue weighted by atomic mass is 19.1. The molecule has 1 fully saturated rings. The molecule has 2 N–H and O–H groups in total. The van der Waals surface area contributed by atoms with Gasteiger partial charge in [0, 0.05) is 31.3 Å². The fraction of sp³-hybridized carbons (Fsp3) is 0.412. The summed E-state index contributed by atoms with van der Waals surface area (Å²) in [4.78, 5) is 28.3. The van der Waals surface area contributed by atoms with Gasteiger partial charge < -0.3 is 34.1 Å². The molecule has 0 spiro atoms. The Kier molecular flexibility index (Phi) is 10.7. The van der Waals surface area contributed by atoms with Gasteiger partial charge in [0.05, 0.1) is 25.7 Å². The monoisotopic (exact) mass is 640 g/mol. The summed E-state index contributed by atoms with van der Waals surface area (Å²) in [6, 6.07) is 11.9. The first-order valence-corrected chi connectivity index (χ1v) is 15.2. The van der Waals surface area contributed by atoms with Crippen molar-refractivity contribution in [3.63, 3.8) is 0 Å². The van der Waals surface area contributed by atoms with Crippen molar-refractivity contribution in [2.24, 2.45) is 5.92 Å². The predicted octanol–water partition coefficient (Wildman–Crippen LogP) is 5.30. The molecule has 0 bridgehead atoms. The number of anilines is 1. The molecule has 2 heterocycles. The number of hydrogen-bond donors (Lipinski definition) is 2. The zero-order valence-corrected chi connectivity index (χ0v) is 26.0. The summed E-state index contributed by atoms with van der Waals surface area (Å²) in [7, 11) is 1.57. The minimum absolute atomic E-state index is 0.0107. The number of methoxy groups -OCH3 is 1. The summed E-state index contributed by atoms with van der Waals surface area (Å²) < 4.78 is 55.8. The summed E-state index contributed by atoms with van der Waals surface area (Å²) in [5, 5.41) is 13.5. The van der Waals surface area contributed by atoms with Crippen LogP contribution in [0.3, 0.4) is 0 Å². The van der Waals surface area contributed by atoms with E-state index in [1.165, 1.54) is 18.2 Å². The van der Waals surface area contributed by atoms with Crippen LogP contribution in [0.5, 0.6) is 17.2 Å². The zero-order valence-electron chi connectivity index (χ0n) is 26.0. The molecule has 12 heteroatoms. The van der Waals surface area contributed by atoms with Gasteiger partial charge in [-0.25, -0.2) is 8.78 Å². The molecule has 1 saturated heterocycles. The largest absolute Gasteiger partial charge is 0.481 e. The van der Waals surface area contributed by atoms with E-state index in [4.69, 9.17) is 23.7 Å². The number of benzene rings is 3. The number of carbonyl (C=O) groups is 2. The molecule has 0 radical (unpaired) electrons. The van der Waals surface area contributed by atoms with Crippen LogP contribution in [0.25, 0.3) is 0 Å². The van der Waals surface area contributed by atoms with Crippen LogP contribution in [0.4, 0.5) is 14.5 Å². The van der Waals surface area contributed by atoms with Crippen LogP contribution in [0, 0.1) is 17.6 Å². The van der Waals surface area contributed by atoms with Crippen molar-refractivity contribution >= 4 is 17.6 Å². The number of carbonyl (C=O) groups excluding carboxylic acids is 1. The van der Waals surface area contributed by atoms with Gasteiger partial charge in [-0.1, -0.05) is 26.0 Å². The maximum Gasteiger partial charge on any atom is 0.309 e. The highest BCUT2D eigenvalue weighted by Crippen LogP contribution is 2.48. The van der Waals surface area contributed by atoms with E-state index in [2.05, 4.69) is 5.32 Å². The van der Waals surface area contributed by atoms with E-state index in [1.54, 1.807) is 42.3 Å². The van der Waals surface area contributed by atoms with E-state index < -0.39 is 29.7 Å². The number of ether oxygens (including phenoxy) is 5. The molecule has 5 rings (SSSR count). The molecule has 10 nitrogen and oxygen atoms in total. The molecule has 246 valence electrons. The van der Waals surface area contributed by atoms with E-state index >= 15 is 4.39 Å². The number of hydrogen-bond acceptors (Lipinski definition) is 8. The SMILES string of the molecule is CCc1cc(F)cc(CC)c1NC(=O)CN1C[C@H](c2cc(F)c3c(c2)OCO3)C(C(=O)O)[C@@H]1c1ccc(OCOCCOC)cc1. The van der Waals surface area contributed by atoms with Gasteiger partial charge in [0.1, 0.15) is 11.6 Å². The summed E-state index contributed by atoms with van der Waals surface area (Å²) in [5.74, 6) is -3.51. The van der Waals surface area contributed by atoms with E-state index in [9.17, 15) is 19.1 Å². The normalized spacial score (nSPS) is 18.9. The highest BCUT2D eigenvalue weighted by molar-refractivity contribution is 5.94. The van der Waals surface area contributed by atoms with Crippen LogP contribution in [0.15, 0.2) is 48.5 Å². The number of amides is 1. The standard InChI is InChI=1S/C34H38F2N2O8/c1-4-20-12-24(35)13-21(5-2)31(20)37-29(39)17-38-16-26(23-14-27(36)33-28(15-23)45-19-46-33)30(34(40)41)32(38)22-6-8-25(9-7-22)44-18-43-11-10-42-3/h6-9,12-15,26,30,32H,4-5,10-11,16-19H2,1-3H3,(H,37,39)(H,40,41)/t26-,30?,32+/m1/s1. The van der Waals surface area contributed by atoms with Gasteiger partial charge in [-0.05, 0) is 71.5 Å². The summed E-state index contributed by atoms with van der Waals surface area (Å²) >= 11 is 0. The fourth-order valence-corrected chi connectivity index (χ4v) is 6.21. The van der Waals surface area contributed by atoms with Crippen LogP contribution in [-0.2, 0) is 31.9 Å². The van der Waals surface area contributed by atoms with E-state index in [1.807, 2.05) is 13.8 Å². The molecular formula is C34H38F2N2O8. The molecule has 2 aliphatic heterocycles. The van der Waals surface area contributed by atoms with Crippen molar-refractivity contribution in [3.05, 3.63) is 82.4 Å². The van der Waals surface area contributed by atoms with Gasteiger partial charge >= 0.3 is 5.97 Å². The van der Waals surface area contributed by atoms with Crippen molar-refractivity contribution in [1.82, 2.24) is 4.90 Å². The number of nitrogens with zero attached hydrogens (tertiary/aromatic N) is 1. The van der Waals surface area contributed by atoms with Crippen LogP contribution >= 0.6 is 0 Å². The lowest BCUT2D eigenvalue weighted by atomic mass is 9.82. The van der Waals surface area contributed by atoms with Crippen molar-refractivity contribution in [2.45, 2.75) is 38.6 Å². The number of aryl methyl sites for hydroxylation is 2. The minimum Gasteiger partial charge on any atom is -0.481 e. The first-order valence-electron chi connectivity index (χ1n) is 15.2. The maximum absolute atomic E-state index is 15.0. The Labute approximate surface area is 266 Å². The predicted molar refractivity (Wildman–Crippen MR) is 164 cm³/mol. The van der Waals surface area contributed by atoms with E-state index in [0.717, 1.165) is 0 Å². The third kappa shape index (κ3) is 7.24. The average molecular weight is 641 g/mol. The molecule has 0 saturated carbocycles. The van der Waals surface area contributed by atoms with Gasteiger partial charge in [0.25, 0.3) is 0 Å². The second kappa shape index (κ2) is 14.9. The van der Waals surface area contributed by atoms with Crippen LogP contribution in [-0.4, -0.2) is 68.9 Å². The second-order valence-corrected chi connectivity index (χ2v) is 11.2. The molecule has 3 aromatic carbocycles. The molecule has 46 heavy (non-hydrogen) atoms. The van der Waals surface area contributed by atoms with Crippen molar-refractivity contribution in [3.8, 4) is 17.2 Å². The molecule has 1 amide bonds. The summed E-state index contributed by atoms with van der Waals surface area (Å²) in [5.41, 5.74) is 2.96. The number of rotatable bonds is 14. The van der Waals surface area contributed by atoms with Gasteiger partial charge in [0.15, 0.2) is 18.4 Å². The zero-order chi connectivity index (χ0) is 32.8. The Bertz CT molecular complexity index is 1530. The molecule has 0 aliphatic carbocycles. The topological polar surface area (TPSA) is 116 Å². The van der Waals surface area contributed by atoms with Crippen LogP contribution < -0.4 is 19.5 Å². The number of likely N-dealkylation sites (tertiary alicyclic amines) is 1. The molecule has 3 atom stereocenters. The van der Waals surface area contributed by atoms with Gasteiger partial charge in [0.2, 0.25) is 18.4 Å². The number of carboxylic acid groups (broad SMARTS) is 1. The molecule has 2 aliphatic rings. The van der Waals surface area contributed by atoms with Crippen molar-refractivity contribution in [1.29, 1.82) is 0 Å². The number of nitrogens with one attached hydrogen (secondary N) is 1. The van der Waals surface area contributed by atoms with E-state index in [-0.39, 0.29) is 49.9 Å². The van der Waals surface area contributed by atoms with Crippen LogP contribution in [0.1, 0.15) is 48.1 Å². The van der Waals surface area contributed by atoms with Crippen molar-refractivity contribution < 1.29 is 47.2 Å². The first kappa shape index (κ1) is 33.1. The lowest BCUT2D eigenvalue weighted by molar-refractivity contribution is -0.143. The third-order valence-corrected chi connectivity index (χ3v) is 8.36. The molecule has 1 unspecified atom stereocenters. The van der Waals surface area contributed by atoms with Gasteiger partial charge in [-0.2, -0.15) is 0 Å². The molecule has 0 aromatic heterocycles. The lowest BCUT2D eigenvalue weighted by Gasteiger charge is -2.27. The van der Waals surface area contributed by atoms with Crippen LogP contribution in [0.2, 0.25) is 0 Å². The minimum atomic E-state index is -1.09. The Morgan fingerprint density at radius 2 is 1.72 bits per heavy atom. The summed E-state index contributed by atoms with van der Waals surface area (Å²) in [6.07, 6.45) is 1.02. The number of halogens is 2. The Hall–Kier alpha value is -4.26. The fourth-order valence-electron chi connectivity index (χ4n) is 6.21.